The molecule has 1 unspecified atom stereocenters. The van der Waals surface area contributed by atoms with Crippen molar-refractivity contribution in [3.63, 3.8) is 0 Å². The number of nitrogens with one attached hydrogen (secondary N) is 1. The first kappa shape index (κ1) is 12.3. The van der Waals surface area contributed by atoms with Crippen LogP contribution in [0.15, 0.2) is 36.4 Å². The zero-order valence-corrected chi connectivity index (χ0v) is 10.3. The minimum absolute atomic E-state index is 0.155. The molecule has 17 heavy (non-hydrogen) atoms. The first-order valence-electron chi connectivity index (χ1n) is 6.41. The fraction of sp³-hybridized carbons (Fsp3) is 0.467. The third kappa shape index (κ3) is 3.67. The molecule has 1 aliphatic rings. The highest BCUT2D eigenvalue weighted by Gasteiger charge is 2.31. The van der Waals surface area contributed by atoms with E-state index < -0.39 is 0 Å². The van der Waals surface area contributed by atoms with Crippen LogP contribution in [0.2, 0.25) is 0 Å². The number of rotatable bonds is 6. The Morgan fingerprint density at radius 2 is 2.06 bits per heavy atom. The van der Waals surface area contributed by atoms with Crippen LogP contribution in [0, 0.1) is 11.7 Å². The smallest absolute Gasteiger partial charge is 0.123 e. The van der Waals surface area contributed by atoms with Crippen LogP contribution in [0.5, 0.6) is 0 Å². The molecule has 1 aromatic carbocycles. The van der Waals surface area contributed by atoms with E-state index in [1.165, 1.54) is 18.4 Å². The summed E-state index contributed by atoms with van der Waals surface area (Å²) in [5.74, 6) is 0.586. The van der Waals surface area contributed by atoms with E-state index in [4.69, 9.17) is 0 Å². The Balaban J connectivity index is 1.94. The molecule has 0 spiro atoms. The van der Waals surface area contributed by atoms with Gasteiger partial charge in [0.1, 0.15) is 5.82 Å². The highest BCUT2D eigenvalue weighted by Crippen LogP contribution is 2.40. The Morgan fingerprint density at radius 3 is 2.65 bits per heavy atom. The summed E-state index contributed by atoms with van der Waals surface area (Å²) in [7, 11) is 0. The molecule has 2 rings (SSSR count). The van der Waals surface area contributed by atoms with Crippen LogP contribution in [0.1, 0.15) is 37.8 Å². The molecule has 0 amide bonds. The second kappa shape index (κ2) is 5.97. The van der Waals surface area contributed by atoms with Crippen LogP contribution < -0.4 is 5.32 Å². The van der Waals surface area contributed by atoms with E-state index in [2.05, 4.69) is 17.5 Å². The average molecular weight is 233 g/mol. The number of halogens is 1. The van der Waals surface area contributed by atoms with E-state index in [1.54, 1.807) is 12.1 Å². The van der Waals surface area contributed by atoms with Gasteiger partial charge in [-0.1, -0.05) is 24.3 Å². The first-order chi connectivity index (χ1) is 8.31. The van der Waals surface area contributed by atoms with Crippen LogP contribution in [0.4, 0.5) is 4.39 Å². The summed E-state index contributed by atoms with van der Waals surface area (Å²) in [4.78, 5) is 0. The van der Waals surface area contributed by atoms with Gasteiger partial charge in [-0.25, -0.2) is 4.39 Å². The molecular weight excluding hydrogens is 213 g/mol. The van der Waals surface area contributed by atoms with Crippen molar-refractivity contribution in [2.45, 2.75) is 32.2 Å². The minimum atomic E-state index is -0.155. The lowest BCUT2D eigenvalue weighted by molar-refractivity contribution is 0.485. The molecule has 0 aliphatic heterocycles. The van der Waals surface area contributed by atoms with Crippen LogP contribution in [-0.2, 0) is 0 Å². The van der Waals surface area contributed by atoms with Crippen molar-refractivity contribution in [3.05, 3.63) is 47.8 Å². The van der Waals surface area contributed by atoms with Gasteiger partial charge < -0.3 is 5.32 Å². The summed E-state index contributed by atoms with van der Waals surface area (Å²) in [6, 6.07) is 7.32. The maximum atomic E-state index is 12.9. The number of allylic oxidation sites excluding steroid dienone is 1. The van der Waals surface area contributed by atoms with Gasteiger partial charge >= 0.3 is 0 Å². The third-order valence-corrected chi connectivity index (χ3v) is 3.23. The summed E-state index contributed by atoms with van der Waals surface area (Å²) in [6.45, 7) is 3.03. The third-order valence-electron chi connectivity index (χ3n) is 3.23. The molecule has 0 aromatic heterocycles. The van der Waals surface area contributed by atoms with Gasteiger partial charge in [0.05, 0.1) is 0 Å². The molecule has 1 N–H and O–H groups in total. The van der Waals surface area contributed by atoms with Gasteiger partial charge in [0.15, 0.2) is 0 Å². The van der Waals surface area contributed by atoms with E-state index in [9.17, 15) is 4.39 Å². The van der Waals surface area contributed by atoms with Crippen LogP contribution in [0.3, 0.4) is 0 Å². The van der Waals surface area contributed by atoms with Gasteiger partial charge in [-0.05, 0) is 56.3 Å². The molecule has 1 aromatic rings. The SMILES string of the molecule is C/C=C/CCNC(c1ccc(F)cc1)C1CC1. The number of benzene rings is 1. The lowest BCUT2D eigenvalue weighted by Crippen LogP contribution is -2.23. The van der Waals surface area contributed by atoms with Gasteiger partial charge in [0, 0.05) is 6.04 Å². The number of hydrogen-bond donors (Lipinski definition) is 1. The average Bonchev–Trinajstić information content (AvgIpc) is 3.15. The lowest BCUT2D eigenvalue weighted by Gasteiger charge is -2.18. The van der Waals surface area contributed by atoms with Gasteiger partial charge in [0.2, 0.25) is 0 Å². The quantitative estimate of drug-likeness (QED) is 0.581. The zero-order chi connectivity index (χ0) is 12.1. The Morgan fingerprint density at radius 1 is 1.35 bits per heavy atom. The molecule has 1 fully saturated rings. The van der Waals surface area contributed by atoms with E-state index in [-0.39, 0.29) is 5.82 Å². The molecule has 1 aliphatic carbocycles. The number of hydrogen-bond acceptors (Lipinski definition) is 1. The molecule has 2 heteroatoms. The molecule has 0 heterocycles. The summed E-state index contributed by atoms with van der Waals surface area (Å²) in [6.07, 6.45) is 7.88. The normalized spacial score (nSPS) is 17.5. The van der Waals surface area contributed by atoms with E-state index in [0.29, 0.717) is 6.04 Å². The van der Waals surface area contributed by atoms with Gasteiger partial charge in [-0.3, -0.25) is 0 Å². The van der Waals surface area contributed by atoms with Crippen molar-refractivity contribution in [1.29, 1.82) is 0 Å². The van der Waals surface area contributed by atoms with E-state index in [0.717, 1.165) is 18.9 Å². The van der Waals surface area contributed by atoms with Crippen molar-refractivity contribution in [3.8, 4) is 0 Å². The van der Waals surface area contributed by atoms with Gasteiger partial charge in [-0.2, -0.15) is 0 Å². The summed E-state index contributed by atoms with van der Waals surface area (Å²) < 4.78 is 12.9. The first-order valence-corrected chi connectivity index (χ1v) is 6.41. The largest absolute Gasteiger partial charge is 0.309 e. The fourth-order valence-corrected chi connectivity index (χ4v) is 2.15. The Labute approximate surface area is 103 Å². The maximum absolute atomic E-state index is 12.9. The zero-order valence-electron chi connectivity index (χ0n) is 10.3. The monoisotopic (exact) mass is 233 g/mol. The highest BCUT2D eigenvalue weighted by atomic mass is 19.1. The Kier molecular flexibility index (Phi) is 4.32. The second-order valence-corrected chi connectivity index (χ2v) is 4.68. The molecule has 1 atom stereocenters. The summed E-state index contributed by atoms with van der Waals surface area (Å²) in [5, 5.41) is 3.58. The van der Waals surface area contributed by atoms with Crippen LogP contribution in [0.25, 0.3) is 0 Å². The van der Waals surface area contributed by atoms with Crippen molar-refractivity contribution >= 4 is 0 Å². The van der Waals surface area contributed by atoms with Gasteiger partial charge in [0.25, 0.3) is 0 Å². The van der Waals surface area contributed by atoms with Crippen LogP contribution >= 0.6 is 0 Å². The van der Waals surface area contributed by atoms with E-state index in [1.807, 2.05) is 19.1 Å². The minimum Gasteiger partial charge on any atom is -0.309 e. The van der Waals surface area contributed by atoms with E-state index >= 15 is 0 Å². The molecule has 0 saturated heterocycles. The maximum Gasteiger partial charge on any atom is 0.123 e. The van der Waals surface area contributed by atoms with Crippen molar-refractivity contribution < 1.29 is 4.39 Å². The highest BCUT2D eigenvalue weighted by molar-refractivity contribution is 5.22. The molecular formula is C15H20FN. The van der Waals surface area contributed by atoms with Crippen LogP contribution in [-0.4, -0.2) is 6.54 Å². The summed E-state index contributed by atoms with van der Waals surface area (Å²) in [5.41, 5.74) is 1.22. The van der Waals surface area contributed by atoms with Crippen molar-refractivity contribution in [2.75, 3.05) is 6.54 Å². The fourth-order valence-electron chi connectivity index (χ4n) is 2.15. The predicted molar refractivity (Wildman–Crippen MR) is 69.3 cm³/mol. The lowest BCUT2D eigenvalue weighted by atomic mass is 10.0. The molecule has 92 valence electrons. The standard InChI is InChI=1S/C15H20FN/c1-2-3-4-11-17-15(12-5-6-12)13-7-9-14(16)10-8-13/h2-3,7-10,12,15,17H,4-6,11H2,1H3/b3-2+. The Hall–Kier alpha value is -1.15. The molecule has 0 bridgehead atoms. The van der Waals surface area contributed by atoms with Crippen molar-refractivity contribution in [2.24, 2.45) is 5.92 Å². The molecule has 1 saturated carbocycles. The molecule has 0 radical (unpaired) electrons. The predicted octanol–water partition coefficient (Wildman–Crippen LogP) is 3.83. The molecule has 1 nitrogen and oxygen atoms in total. The Bertz CT molecular complexity index is 365. The topological polar surface area (TPSA) is 12.0 Å². The van der Waals surface area contributed by atoms with Gasteiger partial charge in [-0.15, -0.1) is 0 Å². The summed E-state index contributed by atoms with van der Waals surface area (Å²) >= 11 is 0. The second-order valence-electron chi connectivity index (χ2n) is 4.68. The van der Waals surface area contributed by atoms with Crippen molar-refractivity contribution in [1.82, 2.24) is 5.32 Å².